The largest absolute Gasteiger partial charge is 0.454 e. The van der Waals surface area contributed by atoms with Gasteiger partial charge in [-0.25, -0.2) is 0 Å². The minimum absolute atomic E-state index is 0.828. The van der Waals surface area contributed by atoms with Crippen LogP contribution >= 0.6 is 0 Å². The Hall–Kier alpha value is -8.34. The number of hydrogen-bond acceptors (Lipinski definition) is 4. The monoisotopic (exact) mass is 852 g/mol. The van der Waals surface area contributed by atoms with Gasteiger partial charge in [0.25, 0.3) is 0 Å². The molecule has 0 unspecified atom stereocenters. The van der Waals surface area contributed by atoms with E-state index in [1.165, 1.54) is 0 Å². The molecule has 11 rings (SSSR count). The SMILES string of the molecule is C/C=C(/c1ccccc1)c1oc(/C(=C\C)N(c2ccccc2)c2c3ccccc3c(N(c3ccccc3)c3cccc4c3oc3c(-c5ccccc5)cccc34)c3ccccc23)c(C)c1C. The molecule has 0 atom stereocenters. The molecule has 0 amide bonds. The van der Waals surface area contributed by atoms with Crippen LogP contribution in [-0.2, 0) is 0 Å². The summed E-state index contributed by atoms with van der Waals surface area (Å²) in [7, 11) is 0. The van der Waals surface area contributed by atoms with Crippen molar-refractivity contribution < 1.29 is 8.83 Å². The van der Waals surface area contributed by atoms with E-state index < -0.39 is 0 Å². The third-order valence-corrected chi connectivity index (χ3v) is 13.0. The summed E-state index contributed by atoms with van der Waals surface area (Å²) in [5, 5.41) is 6.53. The second-order valence-electron chi connectivity index (χ2n) is 16.7. The molecule has 0 fully saturated rings. The van der Waals surface area contributed by atoms with Gasteiger partial charge in [-0.1, -0.05) is 188 Å². The maximum atomic E-state index is 7.14. The van der Waals surface area contributed by atoms with Crippen LogP contribution in [0.2, 0.25) is 0 Å². The molecular formula is C62H48N2O2. The Balaban J connectivity index is 1.19. The molecule has 0 aliphatic heterocycles. The van der Waals surface area contributed by atoms with E-state index in [1.54, 1.807) is 0 Å². The number of nitrogens with zero attached hydrogens (tertiary/aromatic N) is 2. The Morgan fingerprint density at radius 3 is 1.48 bits per heavy atom. The van der Waals surface area contributed by atoms with E-state index in [-0.39, 0.29) is 0 Å². The minimum Gasteiger partial charge on any atom is -0.454 e. The van der Waals surface area contributed by atoms with Crippen molar-refractivity contribution in [3.63, 3.8) is 0 Å². The van der Waals surface area contributed by atoms with Crippen LogP contribution < -0.4 is 9.80 Å². The van der Waals surface area contributed by atoms with Gasteiger partial charge in [0.2, 0.25) is 0 Å². The summed E-state index contributed by atoms with van der Waals surface area (Å²) in [6, 6.07) is 73.0. The van der Waals surface area contributed by atoms with Gasteiger partial charge in [-0.2, -0.15) is 0 Å². The van der Waals surface area contributed by atoms with Crippen molar-refractivity contribution in [1.82, 2.24) is 0 Å². The topological polar surface area (TPSA) is 32.8 Å². The lowest BCUT2D eigenvalue weighted by Gasteiger charge is -2.33. The zero-order valence-corrected chi connectivity index (χ0v) is 37.5. The summed E-state index contributed by atoms with van der Waals surface area (Å²) in [6.45, 7) is 8.55. The molecule has 318 valence electrons. The average molecular weight is 853 g/mol. The molecule has 0 saturated heterocycles. The highest BCUT2D eigenvalue weighted by Gasteiger charge is 2.30. The summed E-state index contributed by atoms with van der Waals surface area (Å²) in [5.41, 5.74) is 14.4. The smallest absolute Gasteiger partial charge is 0.159 e. The van der Waals surface area contributed by atoms with Gasteiger partial charge < -0.3 is 18.6 Å². The zero-order valence-electron chi connectivity index (χ0n) is 37.5. The maximum Gasteiger partial charge on any atom is 0.159 e. The summed E-state index contributed by atoms with van der Waals surface area (Å²) in [6.07, 6.45) is 4.35. The first kappa shape index (κ1) is 40.4. The van der Waals surface area contributed by atoms with Crippen molar-refractivity contribution >= 4 is 83.2 Å². The van der Waals surface area contributed by atoms with Gasteiger partial charge >= 0.3 is 0 Å². The zero-order chi connectivity index (χ0) is 44.7. The first-order chi connectivity index (χ1) is 32.6. The molecule has 0 spiro atoms. The number of fused-ring (bicyclic) bond motifs is 5. The molecule has 0 aliphatic carbocycles. The summed E-state index contributed by atoms with van der Waals surface area (Å²) in [4.78, 5) is 4.80. The van der Waals surface area contributed by atoms with E-state index in [0.717, 1.165) is 123 Å². The highest BCUT2D eigenvalue weighted by Crippen LogP contribution is 2.53. The molecule has 4 heteroatoms. The number of rotatable bonds is 10. The number of benzene rings is 9. The van der Waals surface area contributed by atoms with Crippen LogP contribution in [0.5, 0.6) is 0 Å². The fourth-order valence-electron chi connectivity index (χ4n) is 9.83. The molecule has 9 aromatic carbocycles. The van der Waals surface area contributed by atoms with Crippen molar-refractivity contribution in [2.24, 2.45) is 0 Å². The molecule has 0 aliphatic rings. The molecule has 0 saturated carbocycles. The molecule has 11 aromatic rings. The number of furan rings is 2. The number of para-hydroxylation sites is 4. The van der Waals surface area contributed by atoms with Crippen molar-refractivity contribution in [1.29, 1.82) is 0 Å². The van der Waals surface area contributed by atoms with Crippen molar-refractivity contribution in [2.75, 3.05) is 9.80 Å². The molecule has 0 radical (unpaired) electrons. The van der Waals surface area contributed by atoms with Crippen LogP contribution in [0, 0.1) is 13.8 Å². The lowest BCUT2D eigenvalue weighted by atomic mass is 9.94. The number of anilines is 5. The Kier molecular flexibility index (Phi) is 10.4. The highest BCUT2D eigenvalue weighted by atomic mass is 16.3. The van der Waals surface area contributed by atoms with Crippen molar-refractivity contribution in [3.05, 3.63) is 247 Å². The second-order valence-corrected chi connectivity index (χ2v) is 16.7. The van der Waals surface area contributed by atoms with E-state index in [2.05, 4.69) is 256 Å². The van der Waals surface area contributed by atoms with Crippen LogP contribution in [0.4, 0.5) is 28.4 Å². The van der Waals surface area contributed by atoms with Gasteiger partial charge in [0, 0.05) is 60.4 Å². The number of allylic oxidation sites excluding steroid dienone is 2. The van der Waals surface area contributed by atoms with Crippen LogP contribution in [0.3, 0.4) is 0 Å². The summed E-state index contributed by atoms with van der Waals surface area (Å²) < 4.78 is 14.3. The minimum atomic E-state index is 0.828. The van der Waals surface area contributed by atoms with Crippen molar-refractivity contribution in [2.45, 2.75) is 27.7 Å². The van der Waals surface area contributed by atoms with Gasteiger partial charge in [0.05, 0.1) is 22.8 Å². The fourth-order valence-corrected chi connectivity index (χ4v) is 9.83. The maximum absolute atomic E-state index is 7.14. The van der Waals surface area contributed by atoms with Gasteiger partial charge in [-0.3, -0.25) is 0 Å². The van der Waals surface area contributed by atoms with Gasteiger partial charge in [-0.05, 0) is 74.7 Å². The molecular weight excluding hydrogens is 805 g/mol. The highest BCUT2D eigenvalue weighted by molar-refractivity contribution is 6.25. The third kappa shape index (κ3) is 6.69. The molecule has 2 aromatic heterocycles. The summed E-state index contributed by atoms with van der Waals surface area (Å²) >= 11 is 0. The lowest BCUT2D eigenvalue weighted by molar-refractivity contribution is 0.535. The second kappa shape index (κ2) is 17.0. The van der Waals surface area contributed by atoms with E-state index >= 15 is 0 Å². The Bertz CT molecular complexity index is 3560. The van der Waals surface area contributed by atoms with Crippen LogP contribution in [-0.4, -0.2) is 0 Å². The van der Waals surface area contributed by atoms with Gasteiger partial charge in [0.1, 0.15) is 11.3 Å². The predicted octanol–water partition coefficient (Wildman–Crippen LogP) is 17.9. The Labute approximate surface area is 385 Å². The predicted molar refractivity (Wildman–Crippen MR) is 278 cm³/mol. The fraction of sp³-hybridized carbons (Fsp3) is 0.0645. The average Bonchev–Trinajstić information content (AvgIpc) is 3.91. The molecule has 0 N–H and O–H groups in total. The Morgan fingerprint density at radius 2 is 0.894 bits per heavy atom. The third-order valence-electron chi connectivity index (χ3n) is 13.0. The van der Waals surface area contributed by atoms with Crippen LogP contribution in [0.1, 0.15) is 42.1 Å². The molecule has 66 heavy (non-hydrogen) atoms. The van der Waals surface area contributed by atoms with Gasteiger partial charge in [0.15, 0.2) is 11.3 Å². The van der Waals surface area contributed by atoms with Gasteiger partial charge in [-0.15, -0.1) is 0 Å². The summed E-state index contributed by atoms with van der Waals surface area (Å²) in [5.74, 6) is 1.71. The van der Waals surface area contributed by atoms with Crippen LogP contribution in [0.25, 0.3) is 65.9 Å². The quantitative estimate of drug-likeness (QED) is 0.101. The standard InChI is InChI=1S/C62H48N2O2/c1-5-47(43-25-11-7-12-26-43)59-41(3)42(4)60(65-59)55(6-2)63(45-29-15-9-16-30-45)57-49-33-19-21-35-51(49)58(52-36-22-20-34-50(52)57)64(46-31-17-10-18-32-46)56-40-24-39-54-53-38-23-37-48(61(53)66-62(54)56)44-27-13-8-14-28-44/h5-40H,1-4H3/b47-5-,55-6+. The first-order valence-corrected chi connectivity index (χ1v) is 22.7. The first-order valence-electron chi connectivity index (χ1n) is 22.7. The molecule has 0 bridgehead atoms. The van der Waals surface area contributed by atoms with E-state index in [4.69, 9.17) is 8.83 Å². The van der Waals surface area contributed by atoms with Crippen molar-refractivity contribution in [3.8, 4) is 11.1 Å². The lowest BCUT2D eigenvalue weighted by Crippen LogP contribution is -2.18. The Morgan fingerprint density at radius 1 is 0.409 bits per heavy atom. The normalized spacial score (nSPS) is 12.1. The van der Waals surface area contributed by atoms with E-state index in [9.17, 15) is 0 Å². The molecule has 2 heterocycles. The van der Waals surface area contributed by atoms with E-state index in [0.29, 0.717) is 0 Å². The molecule has 4 nitrogen and oxygen atoms in total. The number of hydrogen-bond donors (Lipinski definition) is 0. The van der Waals surface area contributed by atoms with Crippen LogP contribution in [0.15, 0.2) is 227 Å². The van der Waals surface area contributed by atoms with E-state index in [1.807, 2.05) is 0 Å².